The van der Waals surface area contributed by atoms with Gasteiger partial charge in [0.25, 0.3) is 0 Å². The summed E-state index contributed by atoms with van der Waals surface area (Å²) in [7, 11) is 0. The number of aromatic nitrogens is 2. The van der Waals surface area contributed by atoms with E-state index in [2.05, 4.69) is 10.4 Å². The van der Waals surface area contributed by atoms with Crippen LogP contribution in [0.2, 0.25) is 0 Å². The van der Waals surface area contributed by atoms with E-state index < -0.39 is 24.3 Å². The van der Waals surface area contributed by atoms with Crippen LogP contribution in [0.5, 0.6) is 0 Å². The Morgan fingerprint density at radius 1 is 1.43 bits per heavy atom. The Kier molecular flexibility index (Phi) is 4.14. The number of hydrogen-bond acceptors (Lipinski definition) is 2. The second-order valence-corrected chi connectivity index (χ2v) is 7.02. The summed E-state index contributed by atoms with van der Waals surface area (Å²) < 4.78 is 39.5. The van der Waals surface area contributed by atoms with Crippen LogP contribution in [0, 0.1) is 24.7 Å². The summed E-state index contributed by atoms with van der Waals surface area (Å²) in [5.41, 5.74) is -0.621. The van der Waals surface area contributed by atoms with Crippen LogP contribution in [0.25, 0.3) is 0 Å². The van der Waals surface area contributed by atoms with E-state index in [1.54, 1.807) is 0 Å². The molecule has 2 saturated carbocycles. The number of fused-ring (bicyclic) bond motifs is 2. The number of halogens is 3. The normalized spacial score (nSPS) is 28.1. The number of aryl methyl sites for hydroxylation is 1. The lowest BCUT2D eigenvalue weighted by atomic mass is 9.84. The molecule has 2 aliphatic rings. The van der Waals surface area contributed by atoms with Gasteiger partial charge in [-0.2, -0.15) is 18.3 Å². The van der Waals surface area contributed by atoms with Crippen LogP contribution in [0.4, 0.5) is 13.2 Å². The van der Waals surface area contributed by atoms with Gasteiger partial charge in [0, 0.05) is 6.04 Å². The quantitative estimate of drug-likeness (QED) is 0.922. The first-order valence-electron chi connectivity index (χ1n) is 8.15. The van der Waals surface area contributed by atoms with E-state index in [0.29, 0.717) is 11.8 Å². The van der Waals surface area contributed by atoms with E-state index in [1.165, 1.54) is 26.2 Å². The molecule has 1 heterocycles. The summed E-state index contributed by atoms with van der Waals surface area (Å²) in [4.78, 5) is 12.1. The first kappa shape index (κ1) is 16.3. The first-order valence-corrected chi connectivity index (χ1v) is 8.15. The van der Waals surface area contributed by atoms with Crippen molar-refractivity contribution in [2.45, 2.75) is 58.3 Å². The zero-order valence-electron chi connectivity index (χ0n) is 13.4. The Balaban J connectivity index is 1.61. The van der Waals surface area contributed by atoms with Gasteiger partial charge in [-0.25, -0.2) is 0 Å². The minimum atomic E-state index is -4.50. The summed E-state index contributed by atoms with van der Waals surface area (Å²) in [6, 6.07) is 0.968. The van der Waals surface area contributed by atoms with Crippen molar-refractivity contribution in [3.63, 3.8) is 0 Å². The lowest BCUT2D eigenvalue weighted by molar-refractivity contribution is -0.144. The molecular formula is C16H22F3N3O. The molecule has 3 rings (SSSR count). The largest absolute Gasteiger partial charge is 0.433 e. The molecule has 2 bridgehead atoms. The third-order valence-electron chi connectivity index (χ3n) is 5.31. The molecule has 2 fully saturated rings. The zero-order chi connectivity index (χ0) is 16.8. The summed E-state index contributed by atoms with van der Waals surface area (Å²) in [5, 5.41) is 6.67. The zero-order valence-corrected chi connectivity index (χ0v) is 13.4. The highest BCUT2D eigenvalue weighted by atomic mass is 19.4. The number of rotatable bonds is 4. The lowest BCUT2D eigenvalue weighted by Gasteiger charge is -2.28. The second-order valence-electron chi connectivity index (χ2n) is 7.02. The molecule has 0 radical (unpaired) electrons. The average molecular weight is 329 g/mol. The Labute approximate surface area is 133 Å². The van der Waals surface area contributed by atoms with Crippen LogP contribution in [-0.4, -0.2) is 21.7 Å². The van der Waals surface area contributed by atoms with E-state index >= 15 is 0 Å². The highest BCUT2D eigenvalue weighted by Gasteiger charge is 2.42. The molecule has 0 aromatic carbocycles. The fourth-order valence-corrected chi connectivity index (χ4v) is 4.34. The molecule has 2 aliphatic carbocycles. The Morgan fingerprint density at radius 3 is 2.74 bits per heavy atom. The van der Waals surface area contributed by atoms with E-state index in [1.807, 2.05) is 6.92 Å². The Hall–Kier alpha value is -1.53. The van der Waals surface area contributed by atoms with Crippen molar-refractivity contribution >= 4 is 5.91 Å². The van der Waals surface area contributed by atoms with Gasteiger partial charge in [-0.1, -0.05) is 6.42 Å². The number of alkyl halides is 3. The summed E-state index contributed by atoms with van der Waals surface area (Å²) in [6.45, 7) is 3.05. The number of hydrogen-bond donors (Lipinski definition) is 1. The first-order chi connectivity index (χ1) is 10.7. The van der Waals surface area contributed by atoms with Gasteiger partial charge in [0.05, 0.1) is 5.69 Å². The number of nitrogens with one attached hydrogen (secondary N) is 1. The fourth-order valence-electron chi connectivity index (χ4n) is 4.34. The maximum Gasteiger partial charge on any atom is 0.433 e. The van der Waals surface area contributed by atoms with Crippen LogP contribution < -0.4 is 5.32 Å². The van der Waals surface area contributed by atoms with Crippen LogP contribution in [0.1, 0.15) is 44.0 Å². The number of amides is 1. The Morgan fingerprint density at radius 2 is 2.17 bits per heavy atom. The topological polar surface area (TPSA) is 46.9 Å². The highest BCUT2D eigenvalue weighted by molar-refractivity contribution is 5.76. The van der Waals surface area contributed by atoms with Crippen LogP contribution >= 0.6 is 0 Å². The molecule has 1 N–H and O–H groups in total. The molecule has 4 nitrogen and oxygen atoms in total. The van der Waals surface area contributed by atoms with Gasteiger partial charge in [-0.15, -0.1) is 0 Å². The summed E-state index contributed by atoms with van der Waals surface area (Å²) in [6.07, 6.45) is 0.357. The highest BCUT2D eigenvalue weighted by Crippen LogP contribution is 2.49. The predicted molar refractivity (Wildman–Crippen MR) is 78.5 cm³/mol. The number of carbonyl (C=O) groups excluding carboxylic acids is 1. The molecule has 1 amide bonds. The van der Waals surface area contributed by atoms with Crippen molar-refractivity contribution in [1.82, 2.24) is 15.1 Å². The SMILES string of the molecule is Cc1cc(C(F)(F)F)n(CC(=O)NC(C)C2CC3CCC2C3)n1. The molecule has 4 atom stereocenters. The molecule has 1 aromatic rings. The van der Waals surface area contributed by atoms with Crippen molar-refractivity contribution < 1.29 is 18.0 Å². The number of nitrogens with zero attached hydrogens (tertiary/aromatic N) is 2. The molecule has 0 saturated heterocycles. The van der Waals surface area contributed by atoms with Crippen molar-refractivity contribution in [2.24, 2.45) is 17.8 Å². The minimum Gasteiger partial charge on any atom is -0.352 e. The van der Waals surface area contributed by atoms with E-state index in [0.717, 1.165) is 23.1 Å². The lowest BCUT2D eigenvalue weighted by Crippen LogP contribution is -2.42. The maximum atomic E-state index is 12.9. The summed E-state index contributed by atoms with van der Waals surface area (Å²) in [5.74, 6) is 1.48. The standard InChI is InChI=1S/C16H22F3N3O/c1-9-5-14(16(17,18)19)22(21-9)8-15(23)20-10(2)13-7-11-3-4-12(13)6-11/h5,10-13H,3-4,6-8H2,1-2H3,(H,20,23). The van der Waals surface area contributed by atoms with Gasteiger partial charge in [0.2, 0.25) is 5.91 Å². The third-order valence-corrected chi connectivity index (χ3v) is 5.31. The third kappa shape index (κ3) is 3.38. The van der Waals surface area contributed by atoms with Crippen molar-refractivity contribution in [3.05, 3.63) is 17.5 Å². The van der Waals surface area contributed by atoms with E-state index in [4.69, 9.17) is 0 Å². The van der Waals surface area contributed by atoms with Crippen molar-refractivity contribution in [2.75, 3.05) is 0 Å². The van der Waals surface area contributed by atoms with Crippen LogP contribution in [0.15, 0.2) is 6.07 Å². The van der Waals surface area contributed by atoms with Gasteiger partial charge in [0.1, 0.15) is 12.2 Å². The van der Waals surface area contributed by atoms with Crippen molar-refractivity contribution in [1.29, 1.82) is 0 Å². The van der Waals surface area contributed by atoms with Crippen molar-refractivity contribution in [3.8, 4) is 0 Å². The molecule has 7 heteroatoms. The molecule has 0 spiro atoms. The number of carbonyl (C=O) groups is 1. The van der Waals surface area contributed by atoms with Gasteiger partial charge < -0.3 is 5.32 Å². The van der Waals surface area contributed by atoms with E-state index in [-0.39, 0.29) is 11.7 Å². The predicted octanol–water partition coefficient (Wildman–Crippen LogP) is 3.15. The monoisotopic (exact) mass is 329 g/mol. The summed E-state index contributed by atoms with van der Waals surface area (Å²) >= 11 is 0. The molecule has 23 heavy (non-hydrogen) atoms. The van der Waals surface area contributed by atoms with Gasteiger partial charge in [-0.05, 0) is 56.9 Å². The minimum absolute atomic E-state index is 0.00351. The maximum absolute atomic E-state index is 12.9. The molecule has 0 aliphatic heterocycles. The molecular weight excluding hydrogens is 307 g/mol. The second kappa shape index (κ2) is 5.83. The molecule has 128 valence electrons. The Bertz CT molecular complexity index is 596. The average Bonchev–Trinajstić information content (AvgIpc) is 3.12. The fraction of sp³-hybridized carbons (Fsp3) is 0.750. The van der Waals surface area contributed by atoms with Gasteiger partial charge in [0.15, 0.2) is 0 Å². The molecule has 4 unspecified atom stereocenters. The molecule has 1 aromatic heterocycles. The smallest absolute Gasteiger partial charge is 0.352 e. The van der Waals surface area contributed by atoms with Gasteiger partial charge in [-0.3, -0.25) is 9.48 Å². The van der Waals surface area contributed by atoms with Gasteiger partial charge >= 0.3 is 6.18 Å². The van der Waals surface area contributed by atoms with E-state index in [9.17, 15) is 18.0 Å². The van der Waals surface area contributed by atoms with Crippen LogP contribution in [-0.2, 0) is 17.5 Å². The van der Waals surface area contributed by atoms with Crippen LogP contribution in [0.3, 0.4) is 0 Å².